The van der Waals surface area contributed by atoms with E-state index in [1.54, 1.807) is 0 Å². The van der Waals surface area contributed by atoms with Crippen LogP contribution in [0.25, 0.3) is 0 Å². The van der Waals surface area contributed by atoms with Gasteiger partial charge in [-0.1, -0.05) is 24.3 Å². The Balaban J connectivity index is 1.95. The van der Waals surface area contributed by atoms with Gasteiger partial charge in [0.25, 0.3) is 0 Å². The van der Waals surface area contributed by atoms with E-state index in [9.17, 15) is 4.79 Å². The number of benzene rings is 1. The van der Waals surface area contributed by atoms with Gasteiger partial charge in [0.05, 0.1) is 12.1 Å². The lowest BCUT2D eigenvalue weighted by Gasteiger charge is -2.29. The van der Waals surface area contributed by atoms with E-state index in [2.05, 4.69) is 19.1 Å². The molecule has 1 aliphatic rings. The fourth-order valence-corrected chi connectivity index (χ4v) is 2.32. The lowest BCUT2D eigenvalue weighted by atomic mass is 10.0. The van der Waals surface area contributed by atoms with Gasteiger partial charge in [-0.05, 0) is 38.3 Å². The van der Waals surface area contributed by atoms with Crippen molar-refractivity contribution in [2.45, 2.75) is 39.2 Å². The summed E-state index contributed by atoms with van der Waals surface area (Å²) in [5.74, 6) is 0.181. The van der Waals surface area contributed by atoms with Crippen molar-refractivity contribution in [3.63, 3.8) is 0 Å². The molecule has 18 heavy (non-hydrogen) atoms. The SMILES string of the molecule is Cc1ccccc1CCC(=O)N1COCC1(C)C. The molecule has 0 atom stereocenters. The summed E-state index contributed by atoms with van der Waals surface area (Å²) in [4.78, 5) is 14.0. The zero-order valence-corrected chi connectivity index (χ0v) is 11.4. The fourth-order valence-electron chi connectivity index (χ4n) is 2.32. The Morgan fingerprint density at radius 3 is 2.72 bits per heavy atom. The van der Waals surface area contributed by atoms with Crippen molar-refractivity contribution in [2.75, 3.05) is 13.3 Å². The second-order valence-electron chi connectivity index (χ2n) is 5.54. The molecule has 1 aromatic rings. The van der Waals surface area contributed by atoms with Crippen LogP contribution >= 0.6 is 0 Å². The molecule has 0 bridgehead atoms. The number of ether oxygens (including phenoxy) is 1. The molecular weight excluding hydrogens is 226 g/mol. The number of aryl methyl sites for hydroxylation is 2. The normalized spacial score (nSPS) is 18.1. The van der Waals surface area contributed by atoms with Gasteiger partial charge in [0.2, 0.25) is 5.91 Å². The van der Waals surface area contributed by atoms with Crippen molar-refractivity contribution < 1.29 is 9.53 Å². The molecule has 3 nitrogen and oxygen atoms in total. The predicted molar refractivity (Wildman–Crippen MR) is 71.2 cm³/mol. The van der Waals surface area contributed by atoms with Gasteiger partial charge in [-0.15, -0.1) is 0 Å². The van der Waals surface area contributed by atoms with E-state index in [-0.39, 0.29) is 11.4 Å². The van der Waals surface area contributed by atoms with E-state index in [4.69, 9.17) is 4.74 Å². The number of hydrogen-bond acceptors (Lipinski definition) is 2. The molecule has 1 fully saturated rings. The van der Waals surface area contributed by atoms with E-state index in [0.717, 1.165) is 6.42 Å². The molecule has 1 aromatic carbocycles. The quantitative estimate of drug-likeness (QED) is 0.821. The minimum Gasteiger partial charge on any atom is -0.359 e. The van der Waals surface area contributed by atoms with Gasteiger partial charge in [0.15, 0.2) is 0 Å². The molecule has 1 heterocycles. The van der Waals surface area contributed by atoms with Crippen molar-refractivity contribution in [3.05, 3.63) is 35.4 Å². The molecule has 1 saturated heterocycles. The number of carbonyl (C=O) groups is 1. The average molecular weight is 247 g/mol. The molecule has 3 heteroatoms. The van der Waals surface area contributed by atoms with Crippen LogP contribution in [0.4, 0.5) is 0 Å². The molecule has 98 valence electrons. The third-order valence-electron chi connectivity index (χ3n) is 3.58. The summed E-state index contributed by atoms with van der Waals surface area (Å²) < 4.78 is 5.37. The van der Waals surface area contributed by atoms with Crippen LogP contribution in [0.3, 0.4) is 0 Å². The third kappa shape index (κ3) is 2.72. The lowest BCUT2D eigenvalue weighted by molar-refractivity contribution is -0.135. The molecule has 0 spiro atoms. The molecule has 0 unspecified atom stereocenters. The summed E-state index contributed by atoms with van der Waals surface area (Å²) in [6.07, 6.45) is 1.36. The summed E-state index contributed by atoms with van der Waals surface area (Å²) in [7, 11) is 0. The van der Waals surface area contributed by atoms with Gasteiger partial charge in [0.1, 0.15) is 6.73 Å². The molecular formula is C15H21NO2. The van der Waals surface area contributed by atoms with Gasteiger partial charge in [-0.2, -0.15) is 0 Å². The van der Waals surface area contributed by atoms with Crippen molar-refractivity contribution in [1.82, 2.24) is 4.90 Å². The highest BCUT2D eigenvalue weighted by Gasteiger charge is 2.35. The Hall–Kier alpha value is -1.35. The smallest absolute Gasteiger partial charge is 0.225 e. The number of carbonyl (C=O) groups excluding carboxylic acids is 1. The third-order valence-corrected chi connectivity index (χ3v) is 3.58. The maximum atomic E-state index is 12.2. The van der Waals surface area contributed by atoms with Crippen LogP contribution in [0.1, 0.15) is 31.4 Å². The van der Waals surface area contributed by atoms with Crippen LogP contribution in [0.15, 0.2) is 24.3 Å². The Labute approximate surface area is 109 Å². The minimum atomic E-state index is -0.164. The molecule has 0 aromatic heterocycles. The van der Waals surface area contributed by atoms with E-state index in [1.807, 2.05) is 30.9 Å². The number of amides is 1. The van der Waals surface area contributed by atoms with Crippen LogP contribution < -0.4 is 0 Å². The summed E-state index contributed by atoms with van der Waals surface area (Å²) >= 11 is 0. The largest absolute Gasteiger partial charge is 0.359 e. The van der Waals surface area contributed by atoms with E-state index >= 15 is 0 Å². The van der Waals surface area contributed by atoms with Crippen LogP contribution in [-0.4, -0.2) is 29.7 Å². The first-order valence-corrected chi connectivity index (χ1v) is 6.43. The van der Waals surface area contributed by atoms with E-state index in [1.165, 1.54) is 11.1 Å². The van der Waals surface area contributed by atoms with Gasteiger partial charge in [0, 0.05) is 6.42 Å². The summed E-state index contributed by atoms with van der Waals surface area (Å²) in [6.45, 7) is 7.24. The Morgan fingerprint density at radius 1 is 1.39 bits per heavy atom. The highest BCUT2D eigenvalue weighted by atomic mass is 16.5. The average Bonchev–Trinajstić information content (AvgIpc) is 2.67. The zero-order chi connectivity index (χ0) is 13.2. The molecule has 1 amide bonds. The van der Waals surface area contributed by atoms with Crippen LogP contribution in [0.5, 0.6) is 0 Å². The highest BCUT2D eigenvalue weighted by molar-refractivity contribution is 5.77. The standard InChI is InChI=1S/C15H21NO2/c1-12-6-4-5-7-13(12)8-9-14(17)16-11-18-10-15(16,2)3/h4-7H,8-11H2,1-3H3. The monoisotopic (exact) mass is 247 g/mol. The van der Waals surface area contributed by atoms with Crippen LogP contribution in [-0.2, 0) is 16.0 Å². The summed E-state index contributed by atoms with van der Waals surface area (Å²) in [5, 5.41) is 0. The fraction of sp³-hybridized carbons (Fsp3) is 0.533. The van der Waals surface area contributed by atoms with Gasteiger partial charge >= 0.3 is 0 Å². The van der Waals surface area contributed by atoms with Crippen molar-refractivity contribution in [2.24, 2.45) is 0 Å². The topological polar surface area (TPSA) is 29.5 Å². The minimum absolute atomic E-state index is 0.164. The maximum absolute atomic E-state index is 12.2. The van der Waals surface area contributed by atoms with Crippen LogP contribution in [0, 0.1) is 6.92 Å². The summed E-state index contributed by atoms with van der Waals surface area (Å²) in [5.41, 5.74) is 2.34. The van der Waals surface area contributed by atoms with Gasteiger partial charge < -0.3 is 9.64 Å². The Kier molecular flexibility index (Phi) is 3.71. The molecule has 0 radical (unpaired) electrons. The number of nitrogens with zero attached hydrogens (tertiary/aromatic N) is 1. The number of rotatable bonds is 3. The first-order valence-electron chi connectivity index (χ1n) is 6.43. The Bertz CT molecular complexity index is 440. The molecule has 0 saturated carbocycles. The van der Waals surface area contributed by atoms with Crippen molar-refractivity contribution >= 4 is 5.91 Å². The lowest BCUT2D eigenvalue weighted by Crippen LogP contribution is -2.44. The maximum Gasteiger partial charge on any atom is 0.225 e. The first kappa shape index (κ1) is 13.1. The second-order valence-corrected chi connectivity index (χ2v) is 5.54. The molecule has 2 rings (SSSR count). The van der Waals surface area contributed by atoms with Crippen molar-refractivity contribution in [1.29, 1.82) is 0 Å². The van der Waals surface area contributed by atoms with Gasteiger partial charge in [-0.3, -0.25) is 4.79 Å². The number of hydrogen-bond donors (Lipinski definition) is 0. The Morgan fingerprint density at radius 2 is 2.11 bits per heavy atom. The highest BCUT2D eigenvalue weighted by Crippen LogP contribution is 2.23. The van der Waals surface area contributed by atoms with Crippen LogP contribution in [0.2, 0.25) is 0 Å². The second kappa shape index (κ2) is 5.11. The van der Waals surface area contributed by atoms with Crippen molar-refractivity contribution in [3.8, 4) is 0 Å². The van der Waals surface area contributed by atoms with E-state index in [0.29, 0.717) is 19.8 Å². The van der Waals surface area contributed by atoms with Gasteiger partial charge in [-0.25, -0.2) is 0 Å². The zero-order valence-electron chi connectivity index (χ0n) is 11.4. The molecule has 1 aliphatic heterocycles. The molecule has 0 aliphatic carbocycles. The molecule has 0 N–H and O–H groups in total. The van der Waals surface area contributed by atoms with E-state index < -0.39 is 0 Å². The first-order chi connectivity index (χ1) is 8.50. The predicted octanol–water partition coefficient (Wildman–Crippen LogP) is 2.52. The summed E-state index contributed by atoms with van der Waals surface area (Å²) in [6, 6.07) is 8.23.